The molecule has 0 spiro atoms. The number of anilines is 1. The number of hydrogen-bond donors (Lipinski definition) is 3. The predicted molar refractivity (Wildman–Crippen MR) is 60.5 cm³/mol. The third-order valence-corrected chi connectivity index (χ3v) is 1.89. The topological polar surface area (TPSA) is 84.6 Å². The molecule has 5 nitrogen and oxygen atoms in total. The standard InChI is InChI=1S/C11H15FN2O3/c1-11(2,16)6-17-14-10(15)7-4-3-5-8(12)9(7)13/h3-5,16H,6,13H2,1-2H3,(H,14,15). The van der Waals surface area contributed by atoms with Crippen LogP contribution in [0.4, 0.5) is 10.1 Å². The smallest absolute Gasteiger partial charge is 0.277 e. The average Bonchev–Trinajstić information content (AvgIpc) is 2.20. The molecule has 94 valence electrons. The van der Waals surface area contributed by atoms with Gasteiger partial charge in [0.15, 0.2) is 0 Å². The molecule has 0 unspecified atom stereocenters. The lowest BCUT2D eigenvalue weighted by atomic mass is 10.1. The maximum absolute atomic E-state index is 13.1. The molecule has 6 heteroatoms. The zero-order chi connectivity index (χ0) is 13.1. The van der Waals surface area contributed by atoms with Crippen molar-refractivity contribution in [2.24, 2.45) is 0 Å². The monoisotopic (exact) mass is 242 g/mol. The summed E-state index contributed by atoms with van der Waals surface area (Å²) in [4.78, 5) is 16.3. The quantitative estimate of drug-likeness (QED) is 0.539. The lowest BCUT2D eigenvalue weighted by molar-refractivity contribution is -0.0522. The Morgan fingerprint density at radius 1 is 1.59 bits per heavy atom. The van der Waals surface area contributed by atoms with Gasteiger partial charge in [-0.15, -0.1) is 0 Å². The van der Waals surface area contributed by atoms with E-state index in [0.29, 0.717) is 0 Å². The van der Waals surface area contributed by atoms with E-state index >= 15 is 0 Å². The highest BCUT2D eigenvalue weighted by Crippen LogP contribution is 2.15. The number of rotatable bonds is 4. The number of halogens is 1. The van der Waals surface area contributed by atoms with E-state index in [1.54, 1.807) is 0 Å². The van der Waals surface area contributed by atoms with Crippen LogP contribution >= 0.6 is 0 Å². The number of nitrogens with one attached hydrogen (secondary N) is 1. The third kappa shape index (κ3) is 4.01. The Kier molecular flexibility index (Phi) is 4.03. The Balaban J connectivity index is 2.62. The van der Waals surface area contributed by atoms with Crippen LogP contribution in [0.1, 0.15) is 24.2 Å². The zero-order valence-electron chi connectivity index (χ0n) is 9.66. The number of carbonyl (C=O) groups excluding carboxylic acids is 1. The molecule has 0 saturated heterocycles. The van der Waals surface area contributed by atoms with E-state index in [1.807, 2.05) is 0 Å². The Hall–Kier alpha value is -1.66. The van der Waals surface area contributed by atoms with E-state index in [2.05, 4.69) is 5.48 Å². The van der Waals surface area contributed by atoms with Crippen LogP contribution in [-0.2, 0) is 4.84 Å². The first-order valence-corrected chi connectivity index (χ1v) is 5.00. The van der Waals surface area contributed by atoms with E-state index in [4.69, 9.17) is 10.6 Å². The Morgan fingerprint density at radius 3 is 2.82 bits per heavy atom. The number of nitrogen functional groups attached to an aromatic ring is 1. The fourth-order valence-corrected chi connectivity index (χ4v) is 1.07. The van der Waals surface area contributed by atoms with E-state index in [1.165, 1.54) is 26.0 Å². The minimum absolute atomic E-state index is 0.0132. The second-order valence-corrected chi connectivity index (χ2v) is 4.23. The van der Waals surface area contributed by atoms with Gasteiger partial charge >= 0.3 is 0 Å². The van der Waals surface area contributed by atoms with Gasteiger partial charge in [0.05, 0.1) is 16.9 Å². The van der Waals surface area contributed by atoms with Crippen molar-refractivity contribution < 1.29 is 19.1 Å². The minimum Gasteiger partial charge on any atom is -0.396 e. The molecule has 4 N–H and O–H groups in total. The van der Waals surface area contributed by atoms with Crippen molar-refractivity contribution in [2.45, 2.75) is 19.4 Å². The molecule has 0 saturated carbocycles. The summed E-state index contributed by atoms with van der Waals surface area (Å²) in [5.74, 6) is -1.33. The summed E-state index contributed by atoms with van der Waals surface area (Å²) in [6.45, 7) is 2.96. The normalized spacial score (nSPS) is 11.3. The first kappa shape index (κ1) is 13.4. The molecule has 0 aliphatic rings. The van der Waals surface area contributed by atoms with Gasteiger partial charge in [0.1, 0.15) is 12.4 Å². The van der Waals surface area contributed by atoms with Gasteiger partial charge in [0, 0.05) is 0 Å². The molecule has 0 fully saturated rings. The van der Waals surface area contributed by atoms with Crippen LogP contribution in [0.15, 0.2) is 18.2 Å². The van der Waals surface area contributed by atoms with Gasteiger partial charge in [0.2, 0.25) is 0 Å². The molecular formula is C11H15FN2O3. The highest BCUT2D eigenvalue weighted by Gasteiger charge is 2.16. The number of amides is 1. The van der Waals surface area contributed by atoms with Crippen LogP contribution in [0.5, 0.6) is 0 Å². The van der Waals surface area contributed by atoms with Crippen LogP contribution in [0, 0.1) is 5.82 Å². The highest BCUT2D eigenvalue weighted by molar-refractivity contribution is 5.98. The van der Waals surface area contributed by atoms with Gasteiger partial charge in [-0.1, -0.05) is 6.07 Å². The summed E-state index contributed by atoms with van der Waals surface area (Å²) in [5.41, 5.74) is 6.16. The van der Waals surface area contributed by atoms with Crippen molar-refractivity contribution in [3.05, 3.63) is 29.6 Å². The number of benzene rings is 1. The predicted octanol–water partition coefficient (Wildman–Crippen LogP) is 0.840. The molecule has 0 atom stereocenters. The van der Waals surface area contributed by atoms with Crippen molar-refractivity contribution in [3.8, 4) is 0 Å². The van der Waals surface area contributed by atoms with Crippen molar-refractivity contribution in [1.82, 2.24) is 5.48 Å². The Morgan fingerprint density at radius 2 is 2.24 bits per heavy atom. The molecule has 17 heavy (non-hydrogen) atoms. The molecule has 1 amide bonds. The van der Waals surface area contributed by atoms with Gasteiger partial charge in [-0.2, -0.15) is 0 Å². The summed E-state index contributed by atoms with van der Waals surface area (Å²) in [7, 11) is 0. The van der Waals surface area contributed by atoms with E-state index in [-0.39, 0.29) is 17.9 Å². The molecule has 0 aliphatic heterocycles. The molecule has 0 bridgehead atoms. The lowest BCUT2D eigenvalue weighted by Gasteiger charge is -2.16. The SMILES string of the molecule is CC(C)(O)CONC(=O)c1cccc(F)c1N. The Labute approximate surface area is 98.3 Å². The second-order valence-electron chi connectivity index (χ2n) is 4.23. The summed E-state index contributed by atoms with van der Waals surface area (Å²) >= 11 is 0. The van der Waals surface area contributed by atoms with Crippen molar-refractivity contribution in [3.63, 3.8) is 0 Å². The zero-order valence-corrected chi connectivity index (χ0v) is 9.66. The summed E-state index contributed by atoms with van der Waals surface area (Å²) < 4.78 is 13.1. The van der Waals surface area contributed by atoms with Gasteiger partial charge in [-0.05, 0) is 26.0 Å². The first-order valence-electron chi connectivity index (χ1n) is 5.00. The van der Waals surface area contributed by atoms with Crippen LogP contribution in [0.3, 0.4) is 0 Å². The fraction of sp³-hybridized carbons (Fsp3) is 0.364. The van der Waals surface area contributed by atoms with E-state index in [9.17, 15) is 14.3 Å². The summed E-state index contributed by atoms with van der Waals surface area (Å²) in [5, 5.41) is 9.34. The number of carbonyl (C=O) groups is 1. The van der Waals surface area contributed by atoms with Crippen LogP contribution in [0.2, 0.25) is 0 Å². The number of hydrogen-bond acceptors (Lipinski definition) is 4. The van der Waals surface area contributed by atoms with Crippen LogP contribution in [-0.4, -0.2) is 23.2 Å². The maximum atomic E-state index is 13.1. The lowest BCUT2D eigenvalue weighted by Crippen LogP contribution is -2.33. The summed E-state index contributed by atoms with van der Waals surface area (Å²) in [6, 6.07) is 3.90. The largest absolute Gasteiger partial charge is 0.396 e. The first-order chi connectivity index (χ1) is 7.81. The molecule has 0 heterocycles. The van der Waals surface area contributed by atoms with E-state index in [0.717, 1.165) is 6.07 Å². The van der Waals surface area contributed by atoms with Gasteiger partial charge in [0.25, 0.3) is 5.91 Å². The molecule has 1 aromatic carbocycles. The van der Waals surface area contributed by atoms with Crippen molar-refractivity contribution in [1.29, 1.82) is 0 Å². The molecule has 1 aromatic rings. The van der Waals surface area contributed by atoms with Gasteiger partial charge in [-0.3, -0.25) is 9.63 Å². The minimum atomic E-state index is -1.07. The maximum Gasteiger partial charge on any atom is 0.277 e. The van der Waals surface area contributed by atoms with Gasteiger partial charge < -0.3 is 10.8 Å². The molecule has 0 aromatic heterocycles. The number of hydroxylamine groups is 1. The summed E-state index contributed by atoms with van der Waals surface area (Å²) in [6.07, 6.45) is 0. The fourth-order valence-electron chi connectivity index (χ4n) is 1.07. The van der Waals surface area contributed by atoms with Crippen LogP contribution < -0.4 is 11.2 Å². The van der Waals surface area contributed by atoms with E-state index < -0.39 is 17.3 Å². The highest BCUT2D eigenvalue weighted by atomic mass is 19.1. The molecule has 1 rings (SSSR count). The Bertz CT molecular complexity index is 416. The second kappa shape index (κ2) is 5.11. The number of aliphatic hydroxyl groups is 1. The average molecular weight is 242 g/mol. The number of nitrogens with two attached hydrogens (primary N) is 1. The van der Waals surface area contributed by atoms with Crippen LogP contribution in [0.25, 0.3) is 0 Å². The molecule has 0 radical (unpaired) electrons. The van der Waals surface area contributed by atoms with Crippen molar-refractivity contribution in [2.75, 3.05) is 12.3 Å². The van der Waals surface area contributed by atoms with Gasteiger partial charge in [-0.25, -0.2) is 9.87 Å². The molecule has 0 aliphatic carbocycles. The third-order valence-electron chi connectivity index (χ3n) is 1.89. The number of para-hydroxylation sites is 1. The molecular weight excluding hydrogens is 227 g/mol. The van der Waals surface area contributed by atoms with Crippen molar-refractivity contribution >= 4 is 11.6 Å².